The van der Waals surface area contributed by atoms with E-state index in [0.29, 0.717) is 5.75 Å². The molecule has 1 aromatic rings. The molecule has 0 spiro atoms. The number of thiocarbonyl (C=S) groups is 1. The number of nitrogens with zero attached hydrogens (tertiary/aromatic N) is 2. The van der Waals surface area contributed by atoms with Crippen molar-refractivity contribution >= 4 is 17.2 Å². The van der Waals surface area contributed by atoms with Gasteiger partial charge in [0.05, 0.1) is 7.11 Å². The number of likely N-dealkylation sites (N-methyl/N-ethyl adjacent to an activating group) is 1. The predicted molar refractivity (Wildman–Crippen MR) is 75.4 cm³/mol. The highest BCUT2D eigenvalue weighted by atomic mass is 32.1. The fourth-order valence-corrected chi connectivity index (χ4v) is 2.31. The average molecular weight is 266 g/mol. The van der Waals surface area contributed by atoms with Crippen LogP contribution >= 0.6 is 12.2 Å². The molecule has 98 valence electrons. The Morgan fingerprint density at radius 3 is 2.56 bits per heavy atom. The first kappa shape index (κ1) is 13.1. The van der Waals surface area contributed by atoms with Gasteiger partial charge in [-0.25, -0.2) is 0 Å². The van der Waals surface area contributed by atoms with E-state index in [9.17, 15) is 5.11 Å². The molecule has 2 rings (SSSR count). The van der Waals surface area contributed by atoms with E-state index in [4.69, 9.17) is 17.0 Å². The van der Waals surface area contributed by atoms with Gasteiger partial charge in [-0.1, -0.05) is 12.2 Å². The maximum Gasteiger partial charge on any atom is 0.161 e. The zero-order valence-electron chi connectivity index (χ0n) is 10.7. The van der Waals surface area contributed by atoms with Crippen LogP contribution in [0.1, 0.15) is 5.56 Å². The van der Waals surface area contributed by atoms with Gasteiger partial charge in [-0.3, -0.25) is 0 Å². The fourth-order valence-electron chi connectivity index (χ4n) is 2.00. The van der Waals surface area contributed by atoms with E-state index in [1.807, 2.05) is 6.07 Å². The lowest BCUT2D eigenvalue weighted by Gasteiger charge is -2.34. The summed E-state index contributed by atoms with van der Waals surface area (Å²) in [5.41, 5.74) is 0.921. The largest absolute Gasteiger partial charge is 0.504 e. The van der Waals surface area contributed by atoms with Gasteiger partial charge in [-0.05, 0) is 25.2 Å². The second kappa shape index (κ2) is 5.54. The lowest BCUT2D eigenvalue weighted by molar-refractivity contribution is 0.218. The summed E-state index contributed by atoms with van der Waals surface area (Å²) < 4.78 is 5.10. The molecule has 0 amide bonds. The smallest absolute Gasteiger partial charge is 0.161 e. The first-order valence-electron chi connectivity index (χ1n) is 5.96. The summed E-state index contributed by atoms with van der Waals surface area (Å²) in [5, 5.41) is 9.57. The Morgan fingerprint density at radius 2 is 1.94 bits per heavy atom. The zero-order valence-corrected chi connectivity index (χ0v) is 11.5. The topological polar surface area (TPSA) is 35.9 Å². The molecule has 0 saturated carbocycles. The number of methoxy groups -OCH3 is 1. The summed E-state index contributed by atoms with van der Waals surface area (Å²) in [7, 11) is 3.65. The van der Waals surface area contributed by atoms with Gasteiger partial charge in [0.25, 0.3) is 0 Å². The highest BCUT2D eigenvalue weighted by Gasteiger charge is 2.18. The predicted octanol–water partition coefficient (Wildman–Crippen LogP) is 1.32. The van der Waals surface area contributed by atoms with Crippen LogP contribution in [0.15, 0.2) is 18.2 Å². The summed E-state index contributed by atoms with van der Waals surface area (Å²) in [4.78, 5) is 5.30. The van der Waals surface area contributed by atoms with Crippen molar-refractivity contribution in [1.82, 2.24) is 9.80 Å². The molecule has 1 N–H and O–H groups in total. The van der Waals surface area contributed by atoms with Gasteiger partial charge in [0.2, 0.25) is 0 Å². The van der Waals surface area contributed by atoms with Crippen molar-refractivity contribution in [3.8, 4) is 11.5 Å². The maximum absolute atomic E-state index is 9.57. The molecule has 1 fully saturated rings. The lowest BCUT2D eigenvalue weighted by Crippen LogP contribution is -2.46. The molecule has 0 bridgehead atoms. The minimum Gasteiger partial charge on any atom is -0.504 e. The van der Waals surface area contributed by atoms with E-state index in [0.717, 1.165) is 36.7 Å². The summed E-state index contributed by atoms with van der Waals surface area (Å²) in [6.45, 7) is 3.93. The van der Waals surface area contributed by atoms with Crippen LogP contribution in [-0.2, 0) is 0 Å². The summed E-state index contributed by atoms with van der Waals surface area (Å²) >= 11 is 5.50. The quantitative estimate of drug-likeness (QED) is 0.817. The molecule has 0 aliphatic carbocycles. The standard InChI is InChI=1S/C13H18N2O2S/c1-14-5-7-15(8-6-14)13(18)10-3-4-11(16)12(9-10)17-2/h3-4,9,16H,5-8H2,1-2H3. The Kier molecular flexibility index (Phi) is 4.04. The van der Waals surface area contributed by atoms with Crippen molar-refractivity contribution in [3.05, 3.63) is 23.8 Å². The minimum atomic E-state index is 0.141. The molecule has 1 saturated heterocycles. The van der Waals surface area contributed by atoms with Crippen molar-refractivity contribution in [2.45, 2.75) is 0 Å². The average Bonchev–Trinajstić information content (AvgIpc) is 2.39. The van der Waals surface area contributed by atoms with Crippen molar-refractivity contribution in [1.29, 1.82) is 0 Å². The molecular weight excluding hydrogens is 248 g/mol. The number of phenols is 1. The van der Waals surface area contributed by atoms with Crippen LogP contribution in [-0.4, -0.2) is 60.2 Å². The molecule has 5 heteroatoms. The van der Waals surface area contributed by atoms with E-state index >= 15 is 0 Å². The monoisotopic (exact) mass is 266 g/mol. The molecule has 0 radical (unpaired) electrons. The Bertz CT molecular complexity index is 443. The Hall–Kier alpha value is -1.33. The van der Waals surface area contributed by atoms with Gasteiger partial charge in [0.15, 0.2) is 11.5 Å². The van der Waals surface area contributed by atoms with Gasteiger partial charge in [-0.2, -0.15) is 0 Å². The number of hydrogen-bond acceptors (Lipinski definition) is 4. The number of hydrogen-bond donors (Lipinski definition) is 1. The minimum absolute atomic E-state index is 0.141. The zero-order chi connectivity index (χ0) is 13.1. The number of ether oxygens (including phenoxy) is 1. The van der Waals surface area contributed by atoms with Crippen molar-refractivity contribution in [2.24, 2.45) is 0 Å². The highest BCUT2D eigenvalue weighted by molar-refractivity contribution is 7.80. The molecule has 1 aromatic carbocycles. The van der Waals surface area contributed by atoms with E-state index in [2.05, 4.69) is 16.8 Å². The van der Waals surface area contributed by atoms with Crippen LogP contribution in [0.2, 0.25) is 0 Å². The molecule has 1 aliphatic rings. The highest BCUT2D eigenvalue weighted by Crippen LogP contribution is 2.27. The molecule has 1 aliphatic heterocycles. The number of benzene rings is 1. The van der Waals surface area contributed by atoms with Gasteiger partial charge < -0.3 is 19.6 Å². The number of rotatable bonds is 2. The summed E-state index contributed by atoms with van der Waals surface area (Å²) in [5.74, 6) is 0.603. The van der Waals surface area contributed by atoms with Crippen LogP contribution in [0, 0.1) is 0 Å². The Labute approximate surface area is 113 Å². The number of aromatic hydroxyl groups is 1. The summed E-state index contributed by atoms with van der Waals surface area (Å²) in [6, 6.07) is 5.24. The van der Waals surface area contributed by atoms with Crippen LogP contribution in [0.4, 0.5) is 0 Å². The summed E-state index contributed by atoms with van der Waals surface area (Å²) in [6.07, 6.45) is 0. The van der Waals surface area contributed by atoms with E-state index in [1.165, 1.54) is 7.11 Å². The molecule has 0 atom stereocenters. The number of piperazine rings is 1. The van der Waals surface area contributed by atoms with Gasteiger partial charge in [0.1, 0.15) is 4.99 Å². The van der Waals surface area contributed by atoms with Gasteiger partial charge in [-0.15, -0.1) is 0 Å². The first-order valence-corrected chi connectivity index (χ1v) is 6.37. The number of phenolic OH excluding ortho intramolecular Hbond substituents is 1. The van der Waals surface area contributed by atoms with Crippen molar-refractivity contribution in [3.63, 3.8) is 0 Å². The van der Waals surface area contributed by atoms with Crippen LogP contribution < -0.4 is 4.74 Å². The van der Waals surface area contributed by atoms with E-state index in [-0.39, 0.29) is 5.75 Å². The molecule has 0 unspecified atom stereocenters. The third kappa shape index (κ3) is 2.73. The molecule has 1 heterocycles. The maximum atomic E-state index is 9.57. The lowest BCUT2D eigenvalue weighted by atomic mass is 10.1. The molecular formula is C13H18N2O2S. The van der Waals surface area contributed by atoms with Crippen LogP contribution in [0.5, 0.6) is 11.5 Å². The molecule has 18 heavy (non-hydrogen) atoms. The molecule has 4 nitrogen and oxygen atoms in total. The third-order valence-electron chi connectivity index (χ3n) is 3.22. The Morgan fingerprint density at radius 1 is 1.28 bits per heavy atom. The van der Waals surface area contributed by atoms with E-state index in [1.54, 1.807) is 12.1 Å². The van der Waals surface area contributed by atoms with Gasteiger partial charge >= 0.3 is 0 Å². The van der Waals surface area contributed by atoms with Gasteiger partial charge in [0, 0.05) is 31.7 Å². The van der Waals surface area contributed by atoms with E-state index < -0.39 is 0 Å². The SMILES string of the molecule is COc1cc(C(=S)N2CCN(C)CC2)ccc1O. The van der Waals surface area contributed by atoms with Crippen molar-refractivity contribution < 1.29 is 9.84 Å². The second-order valence-corrected chi connectivity index (χ2v) is 4.87. The third-order valence-corrected chi connectivity index (χ3v) is 3.71. The fraction of sp³-hybridized carbons (Fsp3) is 0.462. The normalized spacial score (nSPS) is 16.7. The Balaban J connectivity index is 2.13. The first-order chi connectivity index (χ1) is 8.61. The molecule has 0 aromatic heterocycles. The van der Waals surface area contributed by atoms with Crippen molar-refractivity contribution in [2.75, 3.05) is 40.3 Å². The second-order valence-electron chi connectivity index (χ2n) is 4.48. The van der Waals surface area contributed by atoms with Crippen LogP contribution in [0.3, 0.4) is 0 Å². The van der Waals surface area contributed by atoms with Crippen LogP contribution in [0.25, 0.3) is 0 Å².